The van der Waals surface area contributed by atoms with Crippen molar-refractivity contribution in [3.8, 4) is 0 Å². The van der Waals surface area contributed by atoms with Crippen molar-refractivity contribution >= 4 is 21.6 Å². The number of nitrogens with one attached hydrogen (secondary N) is 1. The summed E-state index contributed by atoms with van der Waals surface area (Å²) >= 11 is 3.68. The maximum atomic E-state index is 4.56. The van der Waals surface area contributed by atoms with Crippen LogP contribution in [0.1, 0.15) is 34.1 Å². The van der Waals surface area contributed by atoms with Gasteiger partial charge < -0.3 is 10.2 Å². The van der Waals surface area contributed by atoms with Crippen LogP contribution < -0.4 is 5.32 Å². The number of piperazine rings is 1. The highest BCUT2D eigenvalue weighted by Gasteiger charge is 2.16. The van der Waals surface area contributed by atoms with Gasteiger partial charge in [-0.3, -0.25) is 4.99 Å². The SMILES string of the molecule is C\C=C(Br)/C(=C(/C)N1CCNCC1)C(/C)=N/C=C/CC. The molecular formula is C16H26BrN3. The first-order valence-electron chi connectivity index (χ1n) is 7.30. The summed E-state index contributed by atoms with van der Waals surface area (Å²) in [6.45, 7) is 12.6. The molecule has 1 N–H and O–H groups in total. The van der Waals surface area contributed by atoms with E-state index in [1.54, 1.807) is 0 Å². The fourth-order valence-corrected chi connectivity index (χ4v) is 2.82. The van der Waals surface area contributed by atoms with Gasteiger partial charge in [-0.2, -0.15) is 0 Å². The second-order valence-corrected chi connectivity index (χ2v) is 5.70. The average Bonchev–Trinajstić information content (AvgIpc) is 2.48. The Morgan fingerprint density at radius 2 is 1.95 bits per heavy atom. The quantitative estimate of drug-likeness (QED) is 0.608. The fourth-order valence-electron chi connectivity index (χ4n) is 2.24. The summed E-state index contributed by atoms with van der Waals surface area (Å²) in [5, 5.41) is 3.39. The Balaban J connectivity index is 3.09. The number of hydrogen-bond donors (Lipinski definition) is 1. The van der Waals surface area contributed by atoms with E-state index < -0.39 is 0 Å². The van der Waals surface area contributed by atoms with Crippen LogP contribution in [-0.4, -0.2) is 36.8 Å². The Morgan fingerprint density at radius 1 is 1.30 bits per heavy atom. The highest BCUT2D eigenvalue weighted by atomic mass is 79.9. The first-order chi connectivity index (χ1) is 9.61. The molecule has 1 fully saturated rings. The van der Waals surface area contributed by atoms with E-state index >= 15 is 0 Å². The summed E-state index contributed by atoms with van der Waals surface area (Å²) in [6.07, 6.45) is 7.07. The van der Waals surface area contributed by atoms with E-state index in [2.05, 4.69) is 64.1 Å². The second-order valence-electron chi connectivity index (χ2n) is 4.84. The van der Waals surface area contributed by atoms with Crippen molar-refractivity contribution < 1.29 is 0 Å². The summed E-state index contributed by atoms with van der Waals surface area (Å²) in [4.78, 5) is 6.99. The van der Waals surface area contributed by atoms with Crippen molar-refractivity contribution in [2.45, 2.75) is 34.1 Å². The van der Waals surface area contributed by atoms with E-state index in [9.17, 15) is 0 Å². The molecule has 3 nitrogen and oxygen atoms in total. The fraction of sp³-hybridized carbons (Fsp3) is 0.562. The minimum Gasteiger partial charge on any atom is -0.372 e. The van der Waals surface area contributed by atoms with Gasteiger partial charge in [0.1, 0.15) is 0 Å². The zero-order valence-electron chi connectivity index (χ0n) is 13.0. The molecule has 1 aliphatic heterocycles. The van der Waals surface area contributed by atoms with Gasteiger partial charge in [-0.1, -0.05) is 35.0 Å². The van der Waals surface area contributed by atoms with Gasteiger partial charge in [-0.25, -0.2) is 0 Å². The Bertz CT molecular complexity index is 427. The van der Waals surface area contributed by atoms with E-state index in [-0.39, 0.29) is 0 Å². The molecule has 0 bridgehead atoms. The van der Waals surface area contributed by atoms with Crippen LogP contribution in [0.15, 0.2) is 39.1 Å². The lowest BCUT2D eigenvalue weighted by molar-refractivity contribution is 0.299. The van der Waals surface area contributed by atoms with Crippen LogP contribution in [0.3, 0.4) is 0 Å². The van der Waals surface area contributed by atoms with Crippen molar-refractivity contribution in [2.75, 3.05) is 26.2 Å². The molecule has 1 aliphatic rings. The Labute approximate surface area is 131 Å². The molecule has 4 heteroatoms. The molecule has 0 atom stereocenters. The molecule has 1 rings (SSSR count). The molecule has 0 aromatic rings. The highest BCUT2D eigenvalue weighted by molar-refractivity contribution is 9.12. The Hall–Kier alpha value is -0.870. The number of allylic oxidation sites excluding steroid dienone is 5. The lowest BCUT2D eigenvalue weighted by atomic mass is 10.1. The molecule has 0 unspecified atom stereocenters. The smallest absolute Gasteiger partial charge is 0.0473 e. The first-order valence-corrected chi connectivity index (χ1v) is 8.09. The Kier molecular flexibility index (Phi) is 7.85. The molecule has 112 valence electrons. The molecule has 0 spiro atoms. The van der Waals surface area contributed by atoms with Gasteiger partial charge >= 0.3 is 0 Å². The largest absolute Gasteiger partial charge is 0.372 e. The molecule has 0 radical (unpaired) electrons. The third-order valence-electron chi connectivity index (χ3n) is 3.42. The van der Waals surface area contributed by atoms with E-state index in [0.717, 1.165) is 42.8 Å². The van der Waals surface area contributed by atoms with E-state index in [4.69, 9.17) is 0 Å². The van der Waals surface area contributed by atoms with Gasteiger partial charge in [0, 0.05) is 53.8 Å². The van der Waals surface area contributed by atoms with Gasteiger partial charge in [-0.05, 0) is 27.2 Å². The molecule has 20 heavy (non-hydrogen) atoms. The van der Waals surface area contributed by atoms with E-state index in [0.29, 0.717) is 0 Å². The van der Waals surface area contributed by atoms with Gasteiger partial charge in [0.15, 0.2) is 0 Å². The summed E-state index contributed by atoms with van der Waals surface area (Å²) in [5.74, 6) is 0. The molecule has 0 aromatic carbocycles. The number of hydrogen-bond acceptors (Lipinski definition) is 3. The average molecular weight is 340 g/mol. The third-order valence-corrected chi connectivity index (χ3v) is 4.27. The Morgan fingerprint density at radius 3 is 2.50 bits per heavy atom. The van der Waals surface area contributed by atoms with Crippen molar-refractivity contribution in [2.24, 2.45) is 4.99 Å². The third kappa shape index (κ3) is 4.91. The predicted molar refractivity (Wildman–Crippen MR) is 92.4 cm³/mol. The van der Waals surface area contributed by atoms with Crippen LogP contribution in [-0.2, 0) is 0 Å². The van der Waals surface area contributed by atoms with Gasteiger partial charge in [-0.15, -0.1) is 0 Å². The standard InChI is InChI=1S/C16H26BrN3/c1-5-7-8-19-13(3)16(15(17)6-2)14(4)20-11-9-18-10-12-20/h6-8,18H,5,9-12H2,1-4H3/b8-7+,15-6+,16-14-,19-13+. The lowest BCUT2D eigenvalue weighted by Crippen LogP contribution is -2.43. The van der Waals surface area contributed by atoms with Crippen LogP contribution in [0.2, 0.25) is 0 Å². The van der Waals surface area contributed by atoms with E-state index in [1.807, 2.05) is 13.1 Å². The van der Waals surface area contributed by atoms with E-state index in [1.165, 1.54) is 11.3 Å². The monoisotopic (exact) mass is 339 g/mol. The molecule has 0 amide bonds. The summed E-state index contributed by atoms with van der Waals surface area (Å²) in [5.41, 5.74) is 3.55. The maximum Gasteiger partial charge on any atom is 0.0473 e. The summed E-state index contributed by atoms with van der Waals surface area (Å²) < 4.78 is 1.11. The van der Waals surface area contributed by atoms with Gasteiger partial charge in [0.05, 0.1) is 0 Å². The number of nitrogens with zero attached hydrogens (tertiary/aromatic N) is 2. The highest BCUT2D eigenvalue weighted by Crippen LogP contribution is 2.24. The first kappa shape index (κ1) is 17.2. The molecule has 0 saturated carbocycles. The molecular weight excluding hydrogens is 314 g/mol. The van der Waals surface area contributed by atoms with Crippen molar-refractivity contribution in [1.82, 2.24) is 10.2 Å². The zero-order chi connectivity index (χ0) is 15.0. The van der Waals surface area contributed by atoms with Crippen LogP contribution in [0, 0.1) is 0 Å². The van der Waals surface area contributed by atoms with Gasteiger partial charge in [0.2, 0.25) is 0 Å². The molecule has 0 aliphatic carbocycles. The normalized spacial score (nSPS) is 19.6. The number of rotatable bonds is 5. The lowest BCUT2D eigenvalue weighted by Gasteiger charge is -2.32. The molecule has 0 aromatic heterocycles. The number of aliphatic imine (C=N–C) groups is 1. The van der Waals surface area contributed by atoms with Crippen LogP contribution >= 0.6 is 15.9 Å². The number of halogens is 1. The zero-order valence-corrected chi connectivity index (χ0v) is 14.6. The topological polar surface area (TPSA) is 27.6 Å². The molecule has 1 heterocycles. The van der Waals surface area contributed by atoms with Crippen molar-refractivity contribution in [1.29, 1.82) is 0 Å². The van der Waals surface area contributed by atoms with Gasteiger partial charge in [0.25, 0.3) is 0 Å². The maximum absolute atomic E-state index is 4.56. The minimum absolute atomic E-state index is 1.01. The summed E-state index contributed by atoms with van der Waals surface area (Å²) in [6, 6.07) is 0. The van der Waals surface area contributed by atoms with Crippen LogP contribution in [0.4, 0.5) is 0 Å². The second kappa shape index (κ2) is 9.14. The molecule has 1 saturated heterocycles. The summed E-state index contributed by atoms with van der Waals surface area (Å²) in [7, 11) is 0. The van der Waals surface area contributed by atoms with Crippen molar-refractivity contribution in [3.63, 3.8) is 0 Å². The van der Waals surface area contributed by atoms with Crippen LogP contribution in [0.25, 0.3) is 0 Å². The van der Waals surface area contributed by atoms with Crippen LogP contribution in [0.5, 0.6) is 0 Å². The predicted octanol–water partition coefficient (Wildman–Crippen LogP) is 3.85. The minimum atomic E-state index is 1.01. The van der Waals surface area contributed by atoms with Crippen molar-refractivity contribution in [3.05, 3.63) is 34.1 Å².